The molecule has 0 radical (unpaired) electrons. The van der Waals surface area contributed by atoms with Gasteiger partial charge in [0.15, 0.2) is 0 Å². The Morgan fingerprint density at radius 2 is 2.29 bits per heavy atom. The largest absolute Gasteiger partial charge is 0.323 e. The van der Waals surface area contributed by atoms with Gasteiger partial charge >= 0.3 is 0 Å². The Kier molecular flexibility index (Phi) is 4.97. The maximum Gasteiger partial charge on any atom is 0.0830 e. The van der Waals surface area contributed by atoms with Gasteiger partial charge in [0.2, 0.25) is 0 Å². The van der Waals surface area contributed by atoms with Crippen molar-refractivity contribution in [3.8, 4) is 0 Å². The fourth-order valence-corrected chi connectivity index (χ4v) is 1.06. The number of pyridine rings is 1. The van der Waals surface area contributed by atoms with E-state index < -0.39 is 0 Å². The molecule has 0 saturated carbocycles. The van der Waals surface area contributed by atoms with E-state index >= 15 is 0 Å². The van der Waals surface area contributed by atoms with Crippen molar-refractivity contribution in [2.45, 2.75) is 0 Å². The Hall–Kier alpha value is -1.75. The lowest BCUT2D eigenvalue weighted by Gasteiger charge is -1.85. The van der Waals surface area contributed by atoms with Crippen LogP contribution in [0.25, 0.3) is 0 Å². The summed E-state index contributed by atoms with van der Waals surface area (Å²) in [6.45, 7) is 0. The summed E-state index contributed by atoms with van der Waals surface area (Å²) in [5.41, 5.74) is 2.57. The Balaban J connectivity index is 0.000000165. The number of hydrogen-bond donors (Lipinski definition) is 1. The molecule has 0 amide bonds. The van der Waals surface area contributed by atoms with Gasteiger partial charge in [0.25, 0.3) is 0 Å². The van der Waals surface area contributed by atoms with Crippen LogP contribution in [0.5, 0.6) is 0 Å². The summed E-state index contributed by atoms with van der Waals surface area (Å²) in [6, 6.07) is 5.55. The lowest BCUT2D eigenvalue weighted by molar-refractivity contribution is 1.23. The molecule has 4 nitrogen and oxygen atoms in total. The smallest absolute Gasteiger partial charge is 0.0830 e. The van der Waals surface area contributed by atoms with Gasteiger partial charge in [-0.1, -0.05) is 6.07 Å². The molecule has 2 N–H and O–H groups in total. The Labute approximate surface area is 86.1 Å². The van der Waals surface area contributed by atoms with Crippen LogP contribution in [0.2, 0.25) is 0 Å². The molecule has 0 fully saturated rings. The molecule has 5 heteroatoms. The highest BCUT2D eigenvalue weighted by Gasteiger charge is 1.81. The summed E-state index contributed by atoms with van der Waals surface area (Å²) in [7, 11) is 0. The van der Waals surface area contributed by atoms with Gasteiger partial charge in [0, 0.05) is 17.8 Å². The topological polar surface area (TPSA) is 64.2 Å². The van der Waals surface area contributed by atoms with Gasteiger partial charge in [0.1, 0.15) is 0 Å². The summed E-state index contributed by atoms with van der Waals surface area (Å²) in [5, 5.41) is 5.25. The zero-order chi connectivity index (χ0) is 10.1. The van der Waals surface area contributed by atoms with Crippen molar-refractivity contribution in [3.05, 3.63) is 47.2 Å². The quantitative estimate of drug-likeness (QED) is 0.437. The summed E-state index contributed by atoms with van der Waals surface area (Å²) >= 11 is 1.60. The molecule has 2 aromatic heterocycles. The number of nitrogens with two attached hydrogens (primary N) is 1. The number of rotatable bonds is 1. The first kappa shape index (κ1) is 10.3. The highest BCUT2D eigenvalue weighted by atomic mass is 32.1. The van der Waals surface area contributed by atoms with E-state index in [0.29, 0.717) is 0 Å². The van der Waals surface area contributed by atoms with Gasteiger partial charge in [-0.2, -0.15) is 5.10 Å². The molecule has 14 heavy (non-hydrogen) atoms. The monoisotopic (exact) mass is 206 g/mol. The molecule has 0 aliphatic rings. The molecule has 2 rings (SSSR count). The second-order valence-corrected chi connectivity index (χ2v) is 2.96. The SMILES string of the molecule is N/N=C/c1ccccn1.c1cscn1. The van der Waals surface area contributed by atoms with Crippen LogP contribution in [-0.2, 0) is 0 Å². The van der Waals surface area contributed by atoms with Crippen molar-refractivity contribution in [2.24, 2.45) is 10.9 Å². The standard InChI is InChI=1S/C6H7N3.C3H3NS/c7-9-5-6-3-1-2-4-8-6;1-2-5-3-4-1/h1-5H,7H2;1-3H/b9-5+;. The summed E-state index contributed by atoms with van der Waals surface area (Å²) in [5.74, 6) is 4.89. The minimum absolute atomic E-state index is 0.778. The molecular formula is C9H10N4S. The highest BCUT2D eigenvalue weighted by molar-refractivity contribution is 7.07. The first-order valence-electron chi connectivity index (χ1n) is 3.90. The Bertz CT molecular complexity index is 327. The molecule has 0 aliphatic heterocycles. The molecule has 72 valence electrons. The van der Waals surface area contributed by atoms with Gasteiger partial charge in [0.05, 0.1) is 17.4 Å². The molecule has 0 saturated heterocycles. The van der Waals surface area contributed by atoms with E-state index in [1.165, 1.54) is 6.21 Å². The summed E-state index contributed by atoms with van der Waals surface area (Å²) < 4.78 is 0. The van der Waals surface area contributed by atoms with Crippen molar-refractivity contribution in [2.75, 3.05) is 0 Å². The van der Waals surface area contributed by atoms with Crippen LogP contribution in [-0.4, -0.2) is 16.2 Å². The van der Waals surface area contributed by atoms with E-state index in [4.69, 9.17) is 5.84 Å². The molecule has 2 aromatic rings. The predicted octanol–water partition coefficient (Wildman–Crippen LogP) is 1.52. The molecule has 0 spiro atoms. The summed E-state index contributed by atoms with van der Waals surface area (Å²) in [6.07, 6.45) is 4.96. The maximum absolute atomic E-state index is 4.89. The third-order valence-corrected chi connectivity index (χ3v) is 1.76. The van der Waals surface area contributed by atoms with Crippen LogP contribution in [0, 0.1) is 0 Å². The number of aromatic nitrogens is 2. The highest BCUT2D eigenvalue weighted by Crippen LogP contribution is 1.86. The first-order chi connectivity index (χ1) is 6.93. The van der Waals surface area contributed by atoms with Gasteiger partial charge in [-0.25, -0.2) is 0 Å². The Morgan fingerprint density at radius 3 is 2.71 bits per heavy atom. The van der Waals surface area contributed by atoms with Crippen molar-refractivity contribution in [1.82, 2.24) is 9.97 Å². The summed E-state index contributed by atoms with van der Waals surface area (Å²) in [4.78, 5) is 7.68. The van der Waals surface area contributed by atoms with Crippen LogP contribution in [0.3, 0.4) is 0 Å². The van der Waals surface area contributed by atoms with E-state index in [1.807, 2.05) is 23.6 Å². The number of nitrogens with zero attached hydrogens (tertiary/aromatic N) is 3. The maximum atomic E-state index is 4.89. The van der Waals surface area contributed by atoms with Crippen LogP contribution in [0.1, 0.15) is 5.69 Å². The molecule has 2 heterocycles. The van der Waals surface area contributed by atoms with E-state index in [-0.39, 0.29) is 0 Å². The molecule has 0 aromatic carbocycles. The van der Waals surface area contributed by atoms with Crippen LogP contribution in [0.4, 0.5) is 0 Å². The minimum Gasteiger partial charge on any atom is -0.323 e. The zero-order valence-corrected chi connectivity index (χ0v) is 8.26. The average molecular weight is 206 g/mol. The molecule has 0 bridgehead atoms. The van der Waals surface area contributed by atoms with Crippen molar-refractivity contribution >= 4 is 17.6 Å². The molecule has 0 atom stereocenters. The van der Waals surface area contributed by atoms with Gasteiger partial charge < -0.3 is 5.84 Å². The lowest BCUT2D eigenvalue weighted by atomic mass is 10.4. The zero-order valence-electron chi connectivity index (χ0n) is 7.45. The van der Waals surface area contributed by atoms with Crippen molar-refractivity contribution in [1.29, 1.82) is 0 Å². The third-order valence-electron chi connectivity index (χ3n) is 1.24. The van der Waals surface area contributed by atoms with Crippen molar-refractivity contribution in [3.63, 3.8) is 0 Å². The first-order valence-corrected chi connectivity index (χ1v) is 4.84. The molecule has 0 unspecified atom stereocenters. The predicted molar refractivity (Wildman–Crippen MR) is 58.1 cm³/mol. The third kappa shape index (κ3) is 4.32. The van der Waals surface area contributed by atoms with Gasteiger partial charge in [-0.15, -0.1) is 11.3 Å². The number of hydrogen-bond acceptors (Lipinski definition) is 5. The number of hydrazone groups is 1. The fourth-order valence-electron chi connectivity index (χ4n) is 0.704. The van der Waals surface area contributed by atoms with Crippen LogP contribution in [0.15, 0.2) is 46.6 Å². The number of thiazole rings is 1. The normalized spacial score (nSPS) is 9.43. The fraction of sp³-hybridized carbons (Fsp3) is 0. The van der Waals surface area contributed by atoms with Crippen molar-refractivity contribution < 1.29 is 0 Å². The Morgan fingerprint density at radius 1 is 1.36 bits per heavy atom. The van der Waals surface area contributed by atoms with Crippen LogP contribution < -0.4 is 5.84 Å². The lowest BCUT2D eigenvalue weighted by Crippen LogP contribution is -1.88. The van der Waals surface area contributed by atoms with Gasteiger partial charge in [-0.05, 0) is 12.1 Å². The second kappa shape index (κ2) is 6.73. The van der Waals surface area contributed by atoms with E-state index in [1.54, 1.807) is 29.2 Å². The minimum atomic E-state index is 0.778. The second-order valence-electron chi connectivity index (χ2n) is 2.21. The molecule has 0 aliphatic carbocycles. The van der Waals surface area contributed by atoms with Gasteiger partial charge in [-0.3, -0.25) is 9.97 Å². The van der Waals surface area contributed by atoms with E-state index in [2.05, 4.69) is 15.1 Å². The average Bonchev–Trinajstić information content (AvgIpc) is 2.78. The van der Waals surface area contributed by atoms with E-state index in [0.717, 1.165) is 5.69 Å². The van der Waals surface area contributed by atoms with E-state index in [9.17, 15) is 0 Å². The van der Waals surface area contributed by atoms with Crippen LogP contribution >= 0.6 is 11.3 Å². The molecular weight excluding hydrogens is 196 g/mol.